The van der Waals surface area contributed by atoms with Crippen molar-refractivity contribution in [3.63, 3.8) is 0 Å². The first kappa shape index (κ1) is 23.0. The van der Waals surface area contributed by atoms with E-state index in [4.69, 9.17) is 14.4 Å². The maximum absolute atomic E-state index is 8.00. The molecular formula is C10H13O3W-. The summed E-state index contributed by atoms with van der Waals surface area (Å²) in [5.41, 5.74) is 1.07. The SMILES string of the molecule is C=O.C=O.C=O.[CH2-]c1ccccc1.[W]. The maximum atomic E-state index is 8.00. The number of carbonyl (C=O) groups excluding carboxylic acids is 3. The molecule has 0 fully saturated rings. The zero-order chi connectivity index (χ0) is 11.1. The molecule has 1 aromatic rings. The van der Waals surface area contributed by atoms with Crippen molar-refractivity contribution in [1.29, 1.82) is 0 Å². The molecule has 0 unspecified atom stereocenters. The van der Waals surface area contributed by atoms with Gasteiger partial charge in [-0.05, 0) is 0 Å². The monoisotopic (exact) mass is 365 g/mol. The third-order valence-electron chi connectivity index (χ3n) is 0.843. The second-order valence-electron chi connectivity index (χ2n) is 1.49. The minimum absolute atomic E-state index is 0. The largest absolute Gasteiger partial charge is 0.307 e. The molecule has 0 atom stereocenters. The van der Waals surface area contributed by atoms with Crippen LogP contribution in [0.15, 0.2) is 30.3 Å². The van der Waals surface area contributed by atoms with Gasteiger partial charge in [-0.3, -0.25) is 0 Å². The van der Waals surface area contributed by atoms with E-state index >= 15 is 0 Å². The molecule has 0 saturated heterocycles. The second kappa shape index (κ2) is 29.8. The van der Waals surface area contributed by atoms with Gasteiger partial charge in [-0.15, -0.1) is 12.1 Å². The second-order valence-corrected chi connectivity index (χ2v) is 1.49. The van der Waals surface area contributed by atoms with Crippen molar-refractivity contribution in [3.8, 4) is 0 Å². The molecule has 0 spiro atoms. The average molecular weight is 365 g/mol. The summed E-state index contributed by atoms with van der Waals surface area (Å²) in [7, 11) is 0. The first-order valence-corrected chi connectivity index (χ1v) is 3.13. The predicted octanol–water partition coefficient (Wildman–Crippen LogP) is 1.31. The van der Waals surface area contributed by atoms with Gasteiger partial charge in [-0.2, -0.15) is 24.6 Å². The van der Waals surface area contributed by atoms with Crippen molar-refractivity contribution in [2.45, 2.75) is 0 Å². The number of benzene rings is 1. The van der Waals surface area contributed by atoms with Crippen LogP contribution in [-0.2, 0) is 35.4 Å². The summed E-state index contributed by atoms with van der Waals surface area (Å²) >= 11 is 0. The average Bonchev–Trinajstić information content (AvgIpc) is 2.28. The van der Waals surface area contributed by atoms with E-state index in [1.54, 1.807) is 0 Å². The third-order valence-corrected chi connectivity index (χ3v) is 0.843. The third kappa shape index (κ3) is 22.4. The van der Waals surface area contributed by atoms with Gasteiger partial charge >= 0.3 is 0 Å². The minimum Gasteiger partial charge on any atom is -0.307 e. The molecule has 14 heavy (non-hydrogen) atoms. The van der Waals surface area contributed by atoms with Crippen molar-refractivity contribution in [2.75, 3.05) is 0 Å². The molecule has 0 N–H and O–H groups in total. The van der Waals surface area contributed by atoms with Crippen LogP contribution in [0.1, 0.15) is 5.56 Å². The Morgan fingerprint density at radius 3 is 1.21 bits per heavy atom. The van der Waals surface area contributed by atoms with Gasteiger partial charge in [-0.1, -0.05) is 6.07 Å². The van der Waals surface area contributed by atoms with Crippen molar-refractivity contribution < 1.29 is 35.4 Å². The molecule has 0 saturated carbocycles. The molecular weight excluding hydrogens is 352 g/mol. The quantitative estimate of drug-likeness (QED) is 0.652. The van der Waals surface area contributed by atoms with Gasteiger partial charge < -0.3 is 14.4 Å². The van der Waals surface area contributed by atoms with Crippen LogP contribution < -0.4 is 0 Å². The van der Waals surface area contributed by atoms with Crippen LogP contribution in [0.5, 0.6) is 0 Å². The molecule has 1 rings (SSSR count). The molecule has 0 radical (unpaired) electrons. The van der Waals surface area contributed by atoms with E-state index in [2.05, 4.69) is 6.92 Å². The van der Waals surface area contributed by atoms with Crippen LogP contribution in [0.2, 0.25) is 0 Å². The number of carbonyl (C=O) groups is 3. The van der Waals surface area contributed by atoms with E-state index in [0.717, 1.165) is 5.56 Å². The molecule has 3 nitrogen and oxygen atoms in total. The zero-order valence-corrected chi connectivity index (χ0v) is 10.8. The van der Waals surface area contributed by atoms with Crippen LogP contribution in [0.25, 0.3) is 0 Å². The van der Waals surface area contributed by atoms with Crippen molar-refractivity contribution in [2.24, 2.45) is 0 Å². The Hall–Kier alpha value is -1.21. The molecule has 78 valence electrons. The van der Waals surface area contributed by atoms with Crippen LogP contribution in [0.3, 0.4) is 0 Å². The molecule has 0 aliphatic rings. The summed E-state index contributed by atoms with van der Waals surface area (Å²) in [5.74, 6) is 0. The van der Waals surface area contributed by atoms with E-state index in [0.29, 0.717) is 0 Å². The Morgan fingerprint density at radius 1 is 0.786 bits per heavy atom. The summed E-state index contributed by atoms with van der Waals surface area (Å²) in [6.45, 7) is 9.72. The normalized spacial score (nSPS) is 5.14. The van der Waals surface area contributed by atoms with E-state index in [1.165, 1.54) is 0 Å². The molecule has 0 heterocycles. The first-order chi connectivity index (χ1) is 6.39. The predicted molar refractivity (Wildman–Crippen MR) is 52.3 cm³/mol. The standard InChI is InChI=1S/C7H7.3CH2O.W/c1-7-5-3-2-4-6-7;3*1-2;/h2-6H,1H2;3*1H2;/q-1;;;;. The topological polar surface area (TPSA) is 51.2 Å². The van der Waals surface area contributed by atoms with Gasteiger partial charge in [-0.25, -0.2) is 0 Å². The minimum atomic E-state index is 0. The molecule has 0 amide bonds. The molecule has 1 aromatic carbocycles. The molecule has 0 aliphatic carbocycles. The van der Waals surface area contributed by atoms with Gasteiger partial charge in [0.1, 0.15) is 20.4 Å². The molecule has 0 aromatic heterocycles. The van der Waals surface area contributed by atoms with Gasteiger partial charge in [0.15, 0.2) is 0 Å². The summed E-state index contributed by atoms with van der Waals surface area (Å²) < 4.78 is 0. The summed E-state index contributed by atoms with van der Waals surface area (Å²) in [4.78, 5) is 24.0. The molecule has 0 aliphatic heterocycles. The zero-order valence-electron chi connectivity index (χ0n) is 7.85. The van der Waals surface area contributed by atoms with Gasteiger partial charge in [0.05, 0.1) is 0 Å². The fourth-order valence-corrected chi connectivity index (χ4v) is 0.478. The number of hydrogen-bond donors (Lipinski definition) is 0. The summed E-state index contributed by atoms with van der Waals surface area (Å²) in [6, 6.07) is 9.87. The van der Waals surface area contributed by atoms with Gasteiger partial charge in [0.2, 0.25) is 0 Å². The van der Waals surface area contributed by atoms with Gasteiger partial charge in [0.25, 0.3) is 0 Å². The van der Waals surface area contributed by atoms with Crippen molar-refractivity contribution in [1.82, 2.24) is 0 Å². The van der Waals surface area contributed by atoms with Gasteiger partial charge in [0, 0.05) is 21.1 Å². The summed E-state index contributed by atoms with van der Waals surface area (Å²) in [6.07, 6.45) is 0. The Morgan fingerprint density at radius 2 is 1.07 bits per heavy atom. The van der Waals surface area contributed by atoms with Crippen LogP contribution >= 0.6 is 0 Å². The maximum Gasteiger partial charge on any atom is 0.106 e. The van der Waals surface area contributed by atoms with Crippen LogP contribution in [-0.4, -0.2) is 20.4 Å². The Kier molecular flexibility index (Phi) is 48.9. The number of hydrogen-bond acceptors (Lipinski definition) is 3. The molecule has 0 bridgehead atoms. The fourth-order valence-electron chi connectivity index (χ4n) is 0.478. The fraction of sp³-hybridized carbons (Fsp3) is 0. The smallest absolute Gasteiger partial charge is 0.106 e. The van der Waals surface area contributed by atoms with Crippen LogP contribution in [0.4, 0.5) is 0 Å². The van der Waals surface area contributed by atoms with E-state index in [-0.39, 0.29) is 21.1 Å². The van der Waals surface area contributed by atoms with E-state index in [9.17, 15) is 0 Å². The van der Waals surface area contributed by atoms with E-state index < -0.39 is 0 Å². The Labute approximate surface area is 98.8 Å². The summed E-state index contributed by atoms with van der Waals surface area (Å²) in [5, 5.41) is 0. The Balaban J connectivity index is -0.0000000625. The first-order valence-electron chi connectivity index (χ1n) is 3.13. The van der Waals surface area contributed by atoms with Crippen molar-refractivity contribution in [3.05, 3.63) is 42.8 Å². The number of rotatable bonds is 0. The van der Waals surface area contributed by atoms with E-state index in [1.807, 2.05) is 50.7 Å². The van der Waals surface area contributed by atoms with Crippen LogP contribution in [0, 0.1) is 6.92 Å². The van der Waals surface area contributed by atoms with Crippen molar-refractivity contribution >= 4 is 20.4 Å². The molecule has 4 heteroatoms. The Bertz CT molecular complexity index is 175.